The lowest BCUT2D eigenvalue weighted by atomic mass is 9.89. The minimum atomic E-state index is -4.55. The number of rotatable bonds is 12. The zero-order valence-corrected chi connectivity index (χ0v) is 27.1. The number of nitrogens with one attached hydrogen (secondary N) is 1. The van der Waals surface area contributed by atoms with Crippen molar-refractivity contribution in [3.8, 4) is 11.3 Å². The Kier molecular flexibility index (Phi) is 11.1. The molecule has 2 saturated heterocycles. The maximum Gasteiger partial charge on any atom is 0.418 e. The fraction of sp³-hybridized carbons (Fsp3) is 0.516. The van der Waals surface area contributed by atoms with Gasteiger partial charge in [-0.1, -0.05) is 24.3 Å². The van der Waals surface area contributed by atoms with Crippen molar-refractivity contribution in [3.05, 3.63) is 46.7 Å². The Morgan fingerprint density at radius 3 is 2.66 bits per heavy atom. The van der Waals surface area contributed by atoms with Gasteiger partial charge in [-0.3, -0.25) is 4.79 Å². The van der Waals surface area contributed by atoms with Gasteiger partial charge in [-0.15, -0.1) is 0 Å². The number of alkyl halides is 3. The number of piperidine rings is 1. The number of nitrogens with two attached hydrogens (primary N) is 1. The Morgan fingerprint density at radius 1 is 1.21 bits per heavy atom. The molecule has 0 saturated carbocycles. The first kappa shape index (κ1) is 34.3. The number of carboxylic acid groups (broad SMARTS) is 1. The second-order valence-electron chi connectivity index (χ2n) is 11.2. The number of nitrogens with zero attached hydrogens (tertiary/aromatic N) is 6. The molecule has 5 rings (SSSR count). The van der Waals surface area contributed by atoms with Gasteiger partial charge < -0.3 is 35.4 Å². The number of halogens is 3. The van der Waals surface area contributed by atoms with Gasteiger partial charge >= 0.3 is 12.1 Å². The first-order chi connectivity index (χ1) is 22.6. The third-order valence-corrected chi connectivity index (χ3v) is 9.26. The molecule has 2 aromatic heterocycles. The van der Waals surface area contributed by atoms with Gasteiger partial charge in [-0.05, 0) is 38.3 Å². The zero-order chi connectivity index (χ0) is 33.6. The molecule has 0 bridgehead atoms. The number of carboxylic acids is 1. The third-order valence-electron chi connectivity index (χ3n) is 8.27. The van der Waals surface area contributed by atoms with Gasteiger partial charge in [-0.2, -0.15) is 13.2 Å². The molecular formula is C31H39F3N8O4S. The smallest absolute Gasteiger partial charge is 0.418 e. The van der Waals surface area contributed by atoms with E-state index in [2.05, 4.69) is 30.2 Å². The zero-order valence-electron chi connectivity index (χ0n) is 26.3. The largest absolute Gasteiger partial charge is 0.481 e. The first-order valence-corrected chi connectivity index (χ1v) is 16.4. The van der Waals surface area contributed by atoms with Crippen molar-refractivity contribution >= 4 is 39.8 Å². The van der Waals surface area contributed by atoms with Crippen molar-refractivity contribution in [2.75, 3.05) is 61.2 Å². The molecule has 2 atom stereocenters. The third kappa shape index (κ3) is 8.29. The molecule has 4 heterocycles. The number of benzene rings is 1. The van der Waals surface area contributed by atoms with E-state index in [0.29, 0.717) is 85.1 Å². The van der Waals surface area contributed by atoms with E-state index in [1.165, 1.54) is 23.6 Å². The molecule has 254 valence electrons. The van der Waals surface area contributed by atoms with Crippen LogP contribution in [0.4, 0.5) is 29.8 Å². The van der Waals surface area contributed by atoms with Crippen molar-refractivity contribution in [2.24, 2.45) is 16.6 Å². The van der Waals surface area contributed by atoms with Gasteiger partial charge in [0.15, 0.2) is 5.13 Å². The Bertz CT molecular complexity index is 1550. The Morgan fingerprint density at radius 2 is 2.00 bits per heavy atom. The summed E-state index contributed by atoms with van der Waals surface area (Å²) in [7, 11) is 0. The second kappa shape index (κ2) is 15.3. The normalized spacial score (nSPS) is 19.2. The fourth-order valence-corrected chi connectivity index (χ4v) is 6.68. The van der Waals surface area contributed by atoms with Gasteiger partial charge in [0.25, 0.3) is 0 Å². The number of hydrogen-bond donors (Lipinski definition) is 3. The van der Waals surface area contributed by atoms with Gasteiger partial charge in [0.1, 0.15) is 24.0 Å². The highest BCUT2D eigenvalue weighted by atomic mass is 32.1. The minimum Gasteiger partial charge on any atom is -0.481 e. The monoisotopic (exact) mass is 676 g/mol. The summed E-state index contributed by atoms with van der Waals surface area (Å²) in [5.74, 6) is -0.330. The molecule has 0 amide bonds. The molecule has 16 heteroatoms. The average molecular weight is 677 g/mol. The summed E-state index contributed by atoms with van der Waals surface area (Å²) >= 11 is 1.27. The Balaban J connectivity index is 1.29. The highest BCUT2D eigenvalue weighted by Crippen LogP contribution is 2.41. The SMILES string of the molecule is CCOCc1sc(NCN=C(N)c2cnc(N3CCC(C(=O)O)CC3CC)cn2)nc1-c1ccc(N2CCOCC2)c(C(F)(F)F)c1. The summed E-state index contributed by atoms with van der Waals surface area (Å²) in [6, 6.07) is 4.36. The van der Waals surface area contributed by atoms with Crippen LogP contribution in [0.25, 0.3) is 11.3 Å². The van der Waals surface area contributed by atoms with Crippen LogP contribution in [0.15, 0.2) is 35.6 Å². The van der Waals surface area contributed by atoms with E-state index in [9.17, 15) is 23.1 Å². The summed E-state index contributed by atoms with van der Waals surface area (Å²) in [5, 5.41) is 12.9. The number of hydrogen-bond acceptors (Lipinski definition) is 11. The maximum absolute atomic E-state index is 14.2. The Labute approximate surface area is 274 Å². The second-order valence-corrected chi connectivity index (χ2v) is 12.3. The van der Waals surface area contributed by atoms with Crippen molar-refractivity contribution in [1.82, 2.24) is 15.0 Å². The van der Waals surface area contributed by atoms with E-state index in [0.717, 1.165) is 12.5 Å². The van der Waals surface area contributed by atoms with Crippen LogP contribution in [0.2, 0.25) is 0 Å². The number of aliphatic carboxylic acids is 1. The highest BCUT2D eigenvalue weighted by molar-refractivity contribution is 7.16. The molecule has 0 spiro atoms. The molecule has 12 nitrogen and oxygen atoms in total. The predicted molar refractivity (Wildman–Crippen MR) is 174 cm³/mol. The lowest BCUT2D eigenvalue weighted by Crippen LogP contribution is -2.44. The van der Waals surface area contributed by atoms with Crippen LogP contribution in [0.1, 0.15) is 49.2 Å². The predicted octanol–water partition coefficient (Wildman–Crippen LogP) is 4.85. The molecule has 0 aliphatic carbocycles. The van der Waals surface area contributed by atoms with Crippen LogP contribution in [-0.2, 0) is 27.1 Å². The van der Waals surface area contributed by atoms with E-state index >= 15 is 0 Å². The van der Waals surface area contributed by atoms with Crippen LogP contribution in [0.3, 0.4) is 0 Å². The number of aromatic nitrogens is 3. The molecular weight excluding hydrogens is 637 g/mol. The van der Waals surface area contributed by atoms with Crippen LogP contribution in [-0.4, -0.2) is 84.0 Å². The van der Waals surface area contributed by atoms with Crippen molar-refractivity contribution in [2.45, 2.75) is 51.9 Å². The van der Waals surface area contributed by atoms with Gasteiger partial charge in [0.05, 0.1) is 54.3 Å². The molecule has 2 unspecified atom stereocenters. The Hall–Kier alpha value is -4.02. The molecule has 2 aliphatic heterocycles. The minimum absolute atomic E-state index is 0.0423. The number of morpholine rings is 1. The number of anilines is 3. The van der Waals surface area contributed by atoms with Gasteiger partial charge in [0, 0.05) is 43.5 Å². The molecule has 3 aromatic rings. The van der Waals surface area contributed by atoms with Gasteiger partial charge in [0.2, 0.25) is 0 Å². The van der Waals surface area contributed by atoms with Crippen LogP contribution < -0.4 is 20.9 Å². The quantitative estimate of drug-likeness (QED) is 0.179. The highest BCUT2D eigenvalue weighted by Gasteiger charge is 2.36. The topological polar surface area (TPSA) is 151 Å². The van der Waals surface area contributed by atoms with Crippen LogP contribution in [0.5, 0.6) is 0 Å². The van der Waals surface area contributed by atoms with Crippen LogP contribution >= 0.6 is 11.3 Å². The number of aliphatic imine (C=N–C) groups is 1. The number of amidine groups is 1. The van der Waals surface area contributed by atoms with Crippen molar-refractivity contribution in [1.29, 1.82) is 0 Å². The number of ether oxygens (including phenoxy) is 2. The number of thiazole rings is 1. The fourth-order valence-electron chi connectivity index (χ4n) is 5.77. The van der Waals surface area contributed by atoms with E-state index in [4.69, 9.17) is 15.2 Å². The molecule has 2 aliphatic rings. The summed E-state index contributed by atoms with van der Waals surface area (Å²) in [5.41, 5.74) is 6.71. The standard InChI is InChI=1S/C31H39F3N8O4S/c1-3-21-13-20(29(43)44)7-8-42(21)26-16-36-23(15-37-26)28(35)38-18-39-30-40-27(25(47-30)17-45-4-2)19-5-6-24(22(14-19)31(32,33)34)41-9-11-46-12-10-41/h5-6,14-16,20-21H,3-4,7-13,17-18H2,1-2H3,(H2,35,38)(H,39,40)(H,43,44). The lowest BCUT2D eigenvalue weighted by molar-refractivity contribution is -0.142. The van der Waals surface area contributed by atoms with Crippen LogP contribution in [0, 0.1) is 5.92 Å². The molecule has 4 N–H and O–H groups in total. The summed E-state index contributed by atoms with van der Waals surface area (Å²) in [4.78, 5) is 33.8. The lowest BCUT2D eigenvalue weighted by Gasteiger charge is -2.38. The summed E-state index contributed by atoms with van der Waals surface area (Å²) < 4.78 is 53.5. The van der Waals surface area contributed by atoms with E-state index in [-0.39, 0.29) is 36.8 Å². The molecule has 47 heavy (non-hydrogen) atoms. The van der Waals surface area contributed by atoms with E-state index in [1.54, 1.807) is 17.2 Å². The maximum atomic E-state index is 14.2. The van der Waals surface area contributed by atoms with E-state index < -0.39 is 17.7 Å². The summed E-state index contributed by atoms with van der Waals surface area (Å²) in [6.07, 6.45) is 0.475. The number of carbonyl (C=O) groups is 1. The molecule has 2 fully saturated rings. The molecule has 0 radical (unpaired) electrons. The molecule has 1 aromatic carbocycles. The summed E-state index contributed by atoms with van der Waals surface area (Å²) in [6.45, 7) is 6.63. The van der Waals surface area contributed by atoms with Gasteiger partial charge in [-0.25, -0.2) is 19.9 Å². The van der Waals surface area contributed by atoms with Crippen molar-refractivity contribution in [3.63, 3.8) is 0 Å². The first-order valence-electron chi connectivity index (χ1n) is 15.6. The van der Waals surface area contributed by atoms with E-state index in [1.807, 2.05) is 13.8 Å². The average Bonchev–Trinajstić information content (AvgIpc) is 3.49. The van der Waals surface area contributed by atoms with Crippen molar-refractivity contribution < 1.29 is 32.5 Å².